The Labute approximate surface area is 126 Å². The van der Waals surface area contributed by atoms with Crippen LogP contribution in [0.4, 0.5) is 13.2 Å². The second-order valence-corrected chi connectivity index (χ2v) is 4.58. The Bertz CT molecular complexity index is 493. The Hall–Kier alpha value is -1.26. The monoisotopic (exact) mass is 405 g/mol. The van der Waals surface area contributed by atoms with Crippen molar-refractivity contribution in [1.29, 1.82) is 0 Å². The van der Waals surface area contributed by atoms with Gasteiger partial charge in [0.1, 0.15) is 3.70 Å². The predicted octanol–water partition coefficient (Wildman–Crippen LogP) is 2.70. The van der Waals surface area contributed by atoms with E-state index in [2.05, 4.69) is 9.72 Å². The number of carbonyl (C=O) groups is 1. The van der Waals surface area contributed by atoms with E-state index in [-0.39, 0.29) is 24.5 Å². The summed E-state index contributed by atoms with van der Waals surface area (Å²) < 4.78 is 50.9. The van der Waals surface area contributed by atoms with E-state index in [1.807, 2.05) is 0 Å². The molecule has 0 unspecified atom stereocenters. The molecule has 0 saturated heterocycles. The van der Waals surface area contributed by atoms with Gasteiger partial charge in [0.2, 0.25) is 0 Å². The average molecular weight is 405 g/mol. The van der Waals surface area contributed by atoms with E-state index in [0.717, 1.165) is 7.11 Å². The van der Waals surface area contributed by atoms with Crippen LogP contribution in [0.2, 0.25) is 0 Å². The average Bonchev–Trinajstić information content (AvgIpc) is 2.31. The van der Waals surface area contributed by atoms with Gasteiger partial charge in [-0.15, -0.1) is 13.2 Å². The van der Waals surface area contributed by atoms with Crippen LogP contribution in [0.25, 0.3) is 0 Å². The summed E-state index contributed by atoms with van der Waals surface area (Å²) in [5.74, 6) is -1.63. The highest BCUT2D eigenvalue weighted by molar-refractivity contribution is 14.1. The van der Waals surface area contributed by atoms with Crippen LogP contribution in [0.15, 0.2) is 6.07 Å². The zero-order chi connectivity index (χ0) is 15.3. The number of halogens is 4. The molecule has 0 spiro atoms. The van der Waals surface area contributed by atoms with Gasteiger partial charge in [-0.3, -0.25) is 4.79 Å². The third-order valence-corrected chi connectivity index (χ3v) is 2.59. The highest BCUT2D eigenvalue weighted by atomic mass is 127. The van der Waals surface area contributed by atoms with Crippen molar-refractivity contribution in [2.75, 3.05) is 13.7 Å². The van der Waals surface area contributed by atoms with Crippen LogP contribution in [0.1, 0.15) is 12.5 Å². The van der Waals surface area contributed by atoms with E-state index in [4.69, 9.17) is 9.47 Å². The summed E-state index contributed by atoms with van der Waals surface area (Å²) in [6, 6.07) is 1.31. The Balaban J connectivity index is 3.18. The van der Waals surface area contributed by atoms with E-state index < -0.39 is 18.1 Å². The number of ether oxygens (including phenoxy) is 3. The summed E-state index contributed by atoms with van der Waals surface area (Å²) in [6.45, 7) is 1.73. The molecular formula is C11H11F3INO4. The molecule has 1 heterocycles. The minimum absolute atomic E-state index is 0.00275. The van der Waals surface area contributed by atoms with Gasteiger partial charge in [0.25, 0.3) is 5.88 Å². The minimum Gasteiger partial charge on any atom is -0.478 e. The smallest absolute Gasteiger partial charge is 0.478 e. The molecule has 9 heteroatoms. The van der Waals surface area contributed by atoms with Crippen molar-refractivity contribution >= 4 is 28.6 Å². The van der Waals surface area contributed by atoms with E-state index >= 15 is 0 Å². The molecule has 0 atom stereocenters. The van der Waals surface area contributed by atoms with Crippen molar-refractivity contribution in [3.8, 4) is 11.6 Å². The molecule has 0 bridgehead atoms. The quantitative estimate of drug-likeness (QED) is 0.429. The maximum atomic E-state index is 12.4. The fraction of sp³-hybridized carbons (Fsp3) is 0.455. The van der Waals surface area contributed by atoms with E-state index in [1.54, 1.807) is 29.5 Å². The molecule has 0 aliphatic heterocycles. The molecule has 20 heavy (non-hydrogen) atoms. The van der Waals surface area contributed by atoms with Crippen molar-refractivity contribution in [1.82, 2.24) is 4.98 Å². The third kappa shape index (κ3) is 5.02. The number of pyridine rings is 1. The molecule has 1 aromatic rings. The maximum absolute atomic E-state index is 12.4. The molecule has 1 aromatic heterocycles. The Morgan fingerprint density at radius 2 is 2.10 bits per heavy atom. The number of methoxy groups -OCH3 is 1. The lowest BCUT2D eigenvalue weighted by atomic mass is 10.2. The number of esters is 1. The van der Waals surface area contributed by atoms with Crippen LogP contribution in [0.5, 0.6) is 11.6 Å². The zero-order valence-corrected chi connectivity index (χ0v) is 12.7. The standard InChI is InChI=1S/C11H11F3INO4/c1-3-19-8(17)5-6-4-7(15)16-10(18-2)9(6)20-11(12,13)14/h4H,3,5H2,1-2H3. The van der Waals surface area contributed by atoms with Crippen LogP contribution in [0, 0.1) is 3.70 Å². The molecule has 0 fully saturated rings. The Morgan fingerprint density at radius 1 is 1.45 bits per heavy atom. The summed E-state index contributed by atoms with van der Waals surface area (Å²) in [7, 11) is 1.16. The van der Waals surface area contributed by atoms with Gasteiger partial charge in [-0.2, -0.15) is 0 Å². The summed E-state index contributed by atoms with van der Waals surface area (Å²) >= 11 is 1.80. The number of carbonyl (C=O) groups excluding carboxylic acids is 1. The first kappa shape index (κ1) is 16.8. The number of aromatic nitrogens is 1. The molecule has 0 aliphatic carbocycles. The molecule has 0 N–H and O–H groups in total. The molecule has 0 aromatic carbocycles. The van der Waals surface area contributed by atoms with Crippen molar-refractivity contribution in [3.05, 3.63) is 15.3 Å². The number of nitrogens with zero attached hydrogens (tertiary/aromatic N) is 1. The highest BCUT2D eigenvalue weighted by Crippen LogP contribution is 2.35. The molecule has 0 radical (unpaired) electrons. The van der Waals surface area contributed by atoms with Crippen molar-refractivity contribution < 1.29 is 32.2 Å². The van der Waals surface area contributed by atoms with E-state index in [9.17, 15) is 18.0 Å². The summed E-state index contributed by atoms with van der Waals surface area (Å²) in [6.07, 6.45) is -5.28. The normalized spacial score (nSPS) is 11.1. The van der Waals surface area contributed by atoms with Gasteiger partial charge in [0.05, 0.1) is 20.1 Å². The molecule has 0 aliphatic rings. The lowest BCUT2D eigenvalue weighted by molar-refractivity contribution is -0.275. The van der Waals surface area contributed by atoms with Crippen LogP contribution >= 0.6 is 22.6 Å². The van der Waals surface area contributed by atoms with Gasteiger partial charge >= 0.3 is 12.3 Å². The van der Waals surface area contributed by atoms with Gasteiger partial charge < -0.3 is 14.2 Å². The lowest BCUT2D eigenvalue weighted by Crippen LogP contribution is -2.20. The van der Waals surface area contributed by atoms with Gasteiger partial charge in [-0.1, -0.05) is 0 Å². The van der Waals surface area contributed by atoms with Crippen LogP contribution in [0.3, 0.4) is 0 Å². The first-order valence-electron chi connectivity index (χ1n) is 5.41. The number of alkyl halides is 3. The second kappa shape index (κ2) is 6.95. The number of hydrogen-bond acceptors (Lipinski definition) is 5. The predicted molar refractivity (Wildman–Crippen MR) is 70.5 cm³/mol. The first-order valence-corrected chi connectivity index (χ1v) is 6.49. The summed E-state index contributed by atoms with van der Waals surface area (Å²) in [5.41, 5.74) is -0.00275. The van der Waals surface area contributed by atoms with Gasteiger partial charge in [0.15, 0.2) is 5.75 Å². The van der Waals surface area contributed by atoms with Gasteiger partial charge in [-0.25, -0.2) is 4.98 Å². The van der Waals surface area contributed by atoms with Crippen LogP contribution in [-0.2, 0) is 16.0 Å². The number of hydrogen-bond donors (Lipinski definition) is 0. The SMILES string of the molecule is CCOC(=O)Cc1cc(I)nc(OC)c1OC(F)(F)F. The summed E-state index contributed by atoms with van der Waals surface area (Å²) in [4.78, 5) is 15.2. The van der Waals surface area contributed by atoms with Crippen molar-refractivity contribution in [3.63, 3.8) is 0 Å². The fourth-order valence-corrected chi connectivity index (χ4v) is 1.98. The number of rotatable bonds is 5. The molecule has 112 valence electrons. The topological polar surface area (TPSA) is 57.7 Å². The molecule has 0 amide bonds. The van der Waals surface area contributed by atoms with Crippen molar-refractivity contribution in [2.24, 2.45) is 0 Å². The Kier molecular flexibility index (Phi) is 5.84. The largest absolute Gasteiger partial charge is 0.573 e. The maximum Gasteiger partial charge on any atom is 0.573 e. The van der Waals surface area contributed by atoms with E-state index in [1.165, 1.54) is 6.07 Å². The summed E-state index contributed by atoms with van der Waals surface area (Å²) in [5, 5.41) is 0. The van der Waals surface area contributed by atoms with Crippen molar-refractivity contribution in [2.45, 2.75) is 19.7 Å². The first-order chi connectivity index (χ1) is 9.26. The molecule has 1 rings (SSSR count). The third-order valence-electron chi connectivity index (χ3n) is 2.04. The highest BCUT2D eigenvalue weighted by Gasteiger charge is 2.34. The van der Waals surface area contributed by atoms with Crippen LogP contribution < -0.4 is 9.47 Å². The van der Waals surface area contributed by atoms with Gasteiger partial charge in [0, 0.05) is 5.56 Å². The zero-order valence-electron chi connectivity index (χ0n) is 10.6. The molecule has 0 saturated carbocycles. The lowest BCUT2D eigenvalue weighted by Gasteiger charge is -2.15. The van der Waals surface area contributed by atoms with Gasteiger partial charge in [-0.05, 0) is 35.6 Å². The van der Waals surface area contributed by atoms with Crippen LogP contribution in [-0.4, -0.2) is 31.0 Å². The second-order valence-electron chi connectivity index (χ2n) is 3.47. The Morgan fingerprint density at radius 3 is 2.60 bits per heavy atom. The molecular weight excluding hydrogens is 394 g/mol. The van der Waals surface area contributed by atoms with E-state index in [0.29, 0.717) is 3.70 Å². The fourth-order valence-electron chi connectivity index (χ4n) is 1.39. The molecule has 5 nitrogen and oxygen atoms in total. The minimum atomic E-state index is -4.91.